The molecule has 0 aliphatic carbocycles. The van der Waals surface area contributed by atoms with Gasteiger partial charge >= 0.3 is 5.97 Å². The van der Waals surface area contributed by atoms with Gasteiger partial charge in [-0.15, -0.1) is 11.6 Å². The number of hydrogen-bond donors (Lipinski definition) is 0. The molecule has 0 spiro atoms. The van der Waals surface area contributed by atoms with Gasteiger partial charge in [-0.25, -0.2) is 0 Å². The Bertz CT molecular complexity index is 132. The van der Waals surface area contributed by atoms with E-state index < -0.39 is 0 Å². The van der Waals surface area contributed by atoms with Gasteiger partial charge in [0.2, 0.25) is 0 Å². The summed E-state index contributed by atoms with van der Waals surface area (Å²) in [6.45, 7) is 1.13. The summed E-state index contributed by atoms with van der Waals surface area (Å²) in [6, 6.07) is 0. The predicted molar refractivity (Wildman–Crippen MR) is 40.7 cm³/mol. The van der Waals surface area contributed by atoms with Crippen LogP contribution in [0.25, 0.3) is 0 Å². The van der Waals surface area contributed by atoms with Gasteiger partial charge in [-0.3, -0.25) is 4.79 Å². The van der Waals surface area contributed by atoms with E-state index in [4.69, 9.17) is 21.1 Å². The standard InChI is InChI=1S/C7H11ClO3/c8-4-7(9)11-5-6-2-1-3-10-6/h6H,1-5H2/t6-/m0/s1. The Kier molecular flexibility index (Phi) is 3.66. The van der Waals surface area contributed by atoms with Crippen LogP contribution in [0.1, 0.15) is 12.8 Å². The molecule has 0 saturated carbocycles. The molecule has 1 heterocycles. The van der Waals surface area contributed by atoms with E-state index in [1.165, 1.54) is 0 Å². The van der Waals surface area contributed by atoms with Crippen LogP contribution in [0.15, 0.2) is 0 Å². The molecule has 1 aliphatic heterocycles. The molecule has 4 heteroatoms. The van der Waals surface area contributed by atoms with Gasteiger partial charge in [0.05, 0.1) is 6.10 Å². The zero-order valence-corrected chi connectivity index (χ0v) is 6.97. The molecule has 1 fully saturated rings. The Morgan fingerprint density at radius 2 is 2.55 bits per heavy atom. The lowest BCUT2D eigenvalue weighted by molar-refractivity contribution is -0.143. The van der Waals surface area contributed by atoms with Crippen molar-refractivity contribution in [1.82, 2.24) is 0 Å². The molecule has 1 atom stereocenters. The van der Waals surface area contributed by atoms with Crippen molar-refractivity contribution >= 4 is 17.6 Å². The van der Waals surface area contributed by atoms with Crippen LogP contribution in [0.4, 0.5) is 0 Å². The van der Waals surface area contributed by atoms with Crippen molar-refractivity contribution in [3.05, 3.63) is 0 Å². The number of carbonyl (C=O) groups excluding carboxylic acids is 1. The Morgan fingerprint density at radius 1 is 1.73 bits per heavy atom. The van der Waals surface area contributed by atoms with E-state index in [0.29, 0.717) is 6.61 Å². The monoisotopic (exact) mass is 178 g/mol. The van der Waals surface area contributed by atoms with Gasteiger partial charge in [0.1, 0.15) is 12.5 Å². The average Bonchev–Trinajstić information content (AvgIpc) is 2.52. The van der Waals surface area contributed by atoms with E-state index in [2.05, 4.69) is 0 Å². The number of rotatable bonds is 3. The van der Waals surface area contributed by atoms with Crippen molar-refractivity contribution in [2.45, 2.75) is 18.9 Å². The first-order valence-electron chi connectivity index (χ1n) is 3.66. The Hall–Kier alpha value is -0.280. The first kappa shape index (κ1) is 8.81. The maximum Gasteiger partial charge on any atom is 0.320 e. The molecule has 0 bridgehead atoms. The number of alkyl halides is 1. The fourth-order valence-corrected chi connectivity index (χ4v) is 1.08. The van der Waals surface area contributed by atoms with Gasteiger partial charge in [-0.05, 0) is 12.8 Å². The summed E-state index contributed by atoms with van der Waals surface area (Å²) in [7, 11) is 0. The van der Waals surface area contributed by atoms with Crippen LogP contribution in [0.3, 0.4) is 0 Å². The van der Waals surface area contributed by atoms with E-state index in [0.717, 1.165) is 19.4 Å². The number of hydrogen-bond acceptors (Lipinski definition) is 3. The van der Waals surface area contributed by atoms with Crippen molar-refractivity contribution in [3.8, 4) is 0 Å². The zero-order chi connectivity index (χ0) is 8.10. The van der Waals surface area contributed by atoms with E-state index in [9.17, 15) is 4.79 Å². The molecular formula is C7H11ClO3. The van der Waals surface area contributed by atoms with Crippen LogP contribution >= 0.6 is 11.6 Å². The minimum absolute atomic E-state index is 0.0767. The second kappa shape index (κ2) is 4.57. The third-order valence-corrected chi connectivity index (χ3v) is 1.78. The molecule has 0 aromatic rings. The summed E-state index contributed by atoms with van der Waals surface area (Å²) in [5.41, 5.74) is 0. The summed E-state index contributed by atoms with van der Waals surface area (Å²) in [4.78, 5) is 10.6. The van der Waals surface area contributed by atoms with Crippen molar-refractivity contribution < 1.29 is 14.3 Å². The summed E-state index contributed by atoms with van der Waals surface area (Å²) < 4.78 is 10.0. The molecular weight excluding hydrogens is 168 g/mol. The Labute approximate surface area is 70.6 Å². The Morgan fingerprint density at radius 3 is 3.09 bits per heavy atom. The highest BCUT2D eigenvalue weighted by atomic mass is 35.5. The minimum atomic E-state index is -0.373. The molecule has 0 aromatic heterocycles. The number of halogens is 1. The normalized spacial score (nSPS) is 23.5. The van der Waals surface area contributed by atoms with Crippen molar-refractivity contribution in [3.63, 3.8) is 0 Å². The molecule has 0 radical (unpaired) electrons. The van der Waals surface area contributed by atoms with Gasteiger partial charge < -0.3 is 9.47 Å². The summed E-state index contributed by atoms with van der Waals surface area (Å²) in [6.07, 6.45) is 2.14. The van der Waals surface area contributed by atoms with Crippen LogP contribution in [0, 0.1) is 0 Å². The molecule has 0 N–H and O–H groups in total. The summed E-state index contributed by atoms with van der Waals surface area (Å²) >= 11 is 5.22. The topological polar surface area (TPSA) is 35.5 Å². The molecule has 0 amide bonds. The van der Waals surface area contributed by atoms with Gasteiger partial charge in [0.25, 0.3) is 0 Å². The maximum absolute atomic E-state index is 10.6. The Balaban J connectivity index is 2.06. The lowest BCUT2D eigenvalue weighted by Gasteiger charge is -2.08. The first-order valence-corrected chi connectivity index (χ1v) is 4.19. The van der Waals surface area contributed by atoms with E-state index in [1.54, 1.807) is 0 Å². The second-order valence-corrected chi connectivity index (χ2v) is 2.72. The van der Waals surface area contributed by atoms with Gasteiger partial charge in [0, 0.05) is 6.61 Å². The fraction of sp³-hybridized carbons (Fsp3) is 0.857. The van der Waals surface area contributed by atoms with E-state index in [-0.39, 0.29) is 18.0 Å². The molecule has 0 unspecified atom stereocenters. The zero-order valence-electron chi connectivity index (χ0n) is 6.22. The number of ether oxygens (including phenoxy) is 2. The van der Waals surface area contributed by atoms with E-state index in [1.807, 2.05) is 0 Å². The lowest BCUT2D eigenvalue weighted by Crippen LogP contribution is -2.18. The van der Waals surface area contributed by atoms with Crippen molar-refractivity contribution in [2.24, 2.45) is 0 Å². The highest BCUT2D eigenvalue weighted by molar-refractivity contribution is 6.26. The molecule has 3 nitrogen and oxygen atoms in total. The van der Waals surface area contributed by atoms with Gasteiger partial charge in [-0.2, -0.15) is 0 Å². The fourth-order valence-electron chi connectivity index (χ4n) is 1.00. The van der Waals surface area contributed by atoms with Gasteiger partial charge in [-0.1, -0.05) is 0 Å². The molecule has 1 saturated heterocycles. The van der Waals surface area contributed by atoms with Crippen LogP contribution in [0.2, 0.25) is 0 Å². The number of carbonyl (C=O) groups is 1. The SMILES string of the molecule is O=C(CCl)OC[C@@H]1CCCO1. The predicted octanol–water partition coefficient (Wildman–Crippen LogP) is 0.947. The van der Waals surface area contributed by atoms with Crippen LogP contribution < -0.4 is 0 Å². The van der Waals surface area contributed by atoms with Crippen LogP contribution in [0.5, 0.6) is 0 Å². The van der Waals surface area contributed by atoms with Crippen molar-refractivity contribution in [2.75, 3.05) is 19.1 Å². The highest BCUT2D eigenvalue weighted by Gasteiger charge is 2.16. The van der Waals surface area contributed by atoms with Crippen LogP contribution in [-0.2, 0) is 14.3 Å². The average molecular weight is 179 g/mol. The smallest absolute Gasteiger partial charge is 0.320 e. The molecule has 1 rings (SSSR count). The second-order valence-electron chi connectivity index (χ2n) is 2.45. The largest absolute Gasteiger partial charge is 0.462 e. The van der Waals surface area contributed by atoms with Gasteiger partial charge in [0.15, 0.2) is 0 Å². The van der Waals surface area contributed by atoms with Crippen molar-refractivity contribution in [1.29, 1.82) is 0 Å². The molecule has 11 heavy (non-hydrogen) atoms. The quantitative estimate of drug-likeness (QED) is 0.477. The molecule has 1 aliphatic rings. The van der Waals surface area contributed by atoms with E-state index >= 15 is 0 Å². The minimum Gasteiger partial charge on any atom is -0.462 e. The third-order valence-electron chi connectivity index (χ3n) is 1.56. The molecule has 0 aromatic carbocycles. The number of esters is 1. The summed E-state index contributed by atoms with van der Waals surface area (Å²) in [5.74, 6) is -0.450. The third kappa shape index (κ3) is 3.08. The first-order chi connectivity index (χ1) is 5.33. The summed E-state index contributed by atoms with van der Waals surface area (Å²) in [5, 5.41) is 0. The lowest BCUT2D eigenvalue weighted by atomic mass is 10.2. The maximum atomic E-state index is 10.6. The molecule has 64 valence electrons. The highest BCUT2D eigenvalue weighted by Crippen LogP contribution is 2.11. The van der Waals surface area contributed by atoms with Crippen LogP contribution in [-0.4, -0.2) is 31.2 Å².